The fourth-order valence-corrected chi connectivity index (χ4v) is 4.61. The first-order chi connectivity index (χ1) is 12.8. The first kappa shape index (κ1) is 17.8. The van der Waals surface area contributed by atoms with Crippen molar-refractivity contribution in [2.24, 2.45) is 4.99 Å². The summed E-state index contributed by atoms with van der Waals surface area (Å²) >= 11 is 0. The van der Waals surface area contributed by atoms with Crippen molar-refractivity contribution in [1.29, 1.82) is 0 Å². The Balaban J connectivity index is 1.34. The highest BCUT2D eigenvalue weighted by molar-refractivity contribution is 5.80. The standard InChI is InChI=1S/C21H32N4O/c1-2-22-21(24-19-13-18-10-11-20(19)26-18)23-14-17-9-6-12-25(17)15-16-7-4-3-5-8-16/h3-5,7-8,17-20H,2,6,9-15H2,1H3,(H2,22,23,24). The Kier molecular flexibility index (Phi) is 5.75. The molecule has 2 N–H and O–H groups in total. The predicted octanol–water partition coefficient (Wildman–Crippen LogP) is 2.53. The monoisotopic (exact) mass is 356 g/mol. The lowest BCUT2D eigenvalue weighted by molar-refractivity contribution is 0.0992. The molecule has 1 aromatic rings. The van der Waals surface area contributed by atoms with E-state index in [1.54, 1.807) is 0 Å². The number of ether oxygens (including phenoxy) is 1. The maximum Gasteiger partial charge on any atom is 0.191 e. The molecule has 4 atom stereocenters. The zero-order valence-electron chi connectivity index (χ0n) is 15.9. The van der Waals surface area contributed by atoms with E-state index in [2.05, 4.69) is 52.8 Å². The van der Waals surface area contributed by atoms with Gasteiger partial charge in [-0.3, -0.25) is 9.89 Å². The summed E-state index contributed by atoms with van der Waals surface area (Å²) in [4.78, 5) is 7.52. The van der Waals surface area contributed by atoms with Crippen LogP contribution in [0.4, 0.5) is 0 Å². The third-order valence-corrected chi connectivity index (χ3v) is 5.96. The summed E-state index contributed by atoms with van der Waals surface area (Å²) in [6.45, 7) is 6.10. The molecule has 3 saturated heterocycles. The van der Waals surface area contributed by atoms with Crippen LogP contribution in [0.15, 0.2) is 35.3 Å². The van der Waals surface area contributed by atoms with E-state index in [9.17, 15) is 0 Å². The molecule has 26 heavy (non-hydrogen) atoms. The number of benzene rings is 1. The van der Waals surface area contributed by atoms with E-state index in [0.717, 1.165) is 32.0 Å². The molecule has 3 aliphatic rings. The molecule has 0 aromatic heterocycles. The van der Waals surface area contributed by atoms with E-state index < -0.39 is 0 Å². The molecule has 142 valence electrons. The van der Waals surface area contributed by atoms with Crippen molar-refractivity contribution in [3.05, 3.63) is 35.9 Å². The van der Waals surface area contributed by atoms with E-state index in [1.165, 1.54) is 37.8 Å². The molecular formula is C21H32N4O. The fourth-order valence-electron chi connectivity index (χ4n) is 4.61. The molecule has 3 heterocycles. The molecule has 4 rings (SSSR count). The van der Waals surface area contributed by atoms with Crippen LogP contribution in [0.3, 0.4) is 0 Å². The van der Waals surface area contributed by atoms with Crippen LogP contribution in [0.1, 0.15) is 44.6 Å². The molecule has 0 aliphatic carbocycles. The van der Waals surface area contributed by atoms with Gasteiger partial charge in [-0.2, -0.15) is 0 Å². The van der Waals surface area contributed by atoms with Gasteiger partial charge in [0.15, 0.2) is 5.96 Å². The van der Waals surface area contributed by atoms with Gasteiger partial charge < -0.3 is 15.4 Å². The number of hydrogen-bond acceptors (Lipinski definition) is 3. The molecule has 3 fully saturated rings. The van der Waals surface area contributed by atoms with Gasteiger partial charge in [0.2, 0.25) is 0 Å². The van der Waals surface area contributed by atoms with Gasteiger partial charge in [-0.05, 0) is 51.1 Å². The van der Waals surface area contributed by atoms with Gasteiger partial charge in [0.25, 0.3) is 0 Å². The first-order valence-electron chi connectivity index (χ1n) is 10.3. The van der Waals surface area contributed by atoms with Crippen LogP contribution in [-0.2, 0) is 11.3 Å². The van der Waals surface area contributed by atoms with E-state index in [4.69, 9.17) is 9.73 Å². The zero-order valence-corrected chi connectivity index (χ0v) is 15.9. The lowest BCUT2D eigenvalue weighted by Gasteiger charge is -2.25. The van der Waals surface area contributed by atoms with Crippen LogP contribution < -0.4 is 10.6 Å². The van der Waals surface area contributed by atoms with Crippen molar-refractivity contribution in [3.8, 4) is 0 Å². The summed E-state index contributed by atoms with van der Waals surface area (Å²) in [6.07, 6.45) is 6.91. The predicted molar refractivity (Wildman–Crippen MR) is 105 cm³/mol. The van der Waals surface area contributed by atoms with Crippen molar-refractivity contribution in [3.63, 3.8) is 0 Å². The second-order valence-corrected chi connectivity index (χ2v) is 7.83. The molecule has 0 radical (unpaired) electrons. The summed E-state index contributed by atoms with van der Waals surface area (Å²) in [7, 11) is 0. The van der Waals surface area contributed by atoms with E-state index in [0.29, 0.717) is 24.3 Å². The third kappa shape index (κ3) is 4.21. The van der Waals surface area contributed by atoms with Crippen LogP contribution >= 0.6 is 0 Å². The minimum atomic E-state index is 0.380. The van der Waals surface area contributed by atoms with Crippen molar-refractivity contribution in [2.75, 3.05) is 19.6 Å². The second kappa shape index (κ2) is 8.40. The summed E-state index contributed by atoms with van der Waals surface area (Å²) in [5.74, 6) is 0.959. The number of hydrogen-bond donors (Lipinski definition) is 2. The molecule has 5 heteroatoms. The highest BCUT2D eigenvalue weighted by atomic mass is 16.5. The lowest BCUT2D eigenvalue weighted by atomic mass is 9.96. The zero-order chi connectivity index (χ0) is 17.8. The average molecular weight is 357 g/mol. The van der Waals surface area contributed by atoms with Crippen molar-refractivity contribution in [2.45, 2.75) is 69.9 Å². The third-order valence-electron chi connectivity index (χ3n) is 5.96. The van der Waals surface area contributed by atoms with Gasteiger partial charge >= 0.3 is 0 Å². The lowest BCUT2D eigenvalue weighted by Crippen LogP contribution is -2.48. The van der Waals surface area contributed by atoms with Crippen LogP contribution in [0, 0.1) is 0 Å². The first-order valence-corrected chi connectivity index (χ1v) is 10.3. The fraction of sp³-hybridized carbons (Fsp3) is 0.667. The smallest absolute Gasteiger partial charge is 0.191 e. The molecule has 0 amide bonds. The molecular weight excluding hydrogens is 324 g/mol. The van der Waals surface area contributed by atoms with Gasteiger partial charge in [-0.15, -0.1) is 0 Å². The number of aliphatic imine (C=N–C) groups is 1. The Hall–Kier alpha value is -1.59. The van der Waals surface area contributed by atoms with E-state index in [-0.39, 0.29) is 0 Å². The summed E-state index contributed by atoms with van der Waals surface area (Å²) in [5.41, 5.74) is 1.40. The number of nitrogens with one attached hydrogen (secondary N) is 2. The normalized spacial score (nSPS) is 31.5. The Bertz CT molecular complexity index is 605. The minimum Gasteiger partial charge on any atom is -0.373 e. The SMILES string of the molecule is CCNC(=NCC1CCCN1Cc1ccccc1)NC1CC2CCC1O2. The van der Waals surface area contributed by atoms with Crippen molar-refractivity contribution >= 4 is 5.96 Å². The quantitative estimate of drug-likeness (QED) is 0.607. The number of fused-ring (bicyclic) bond motifs is 2. The topological polar surface area (TPSA) is 48.9 Å². The molecule has 0 spiro atoms. The van der Waals surface area contributed by atoms with Gasteiger partial charge in [-0.1, -0.05) is 30.3 Å². The van der Waals surface area contributed by atoms with Gasteiger partial charge in [0, 0.05) is 19.1 Å². The van der Waals surface area contributed by atoms with Crippen LogP contribution in [0.25, 0.3) is 0 Å². The average Bonchev–Trinajstić information content (AvgIpc) is 3.38. The van der Waals surface area contributed by atoms with E-state index in [1.807, 2.05) is 0 Å². The Labute approximate surface area is 157 Å². The highest BCUT2D eigenvalue weighted by Gasteiger charge is 2.41. The molecule has 3 aliphatic heterocycles. The van der Waals surface area contributed by atoms with Crippen molar-refractivity contribution in [1.82, 2.24) is 15.5 Å². The Morgan fingerprint density at radius 3 is 2.85 bits per heavy atom. The van der Waals surface area contributed by atoms with Crippen LogP contribution in [0.5, 0.6) is 0 Å². The Morgan fingerprint density at radius 2 is 2.12 bits per heavy atom. The maximum atomic E-state index is 5.97. The highest BCUT2D eigenvalue weighted by Crippen LogP contribution is 2.34. The molecule has 2 bridgehead atoms. The summed E-state index contributed by atoms with van der Waals surface area (Å²) in [6, 6.07) is 11.8. The second-order valence-electron chi connectivity index (χ2n) is 7.83. The number of nitrogens with zero attached hydrogens (tertiary/aromatic N) is 2. The van der Waals surface area contributed by atoms with E-state index >= 15 is 0 Å². The maximum absolute atomic E-state index is 5.97. The summed E-state index contributed by atoms with van der Waals surface area (Å²) in [5, 5.41) is 7.05. The number of likely N-dealkylation sites (tertiary alicyclic amines) is 1. The largest absolute Gasteiger partial charge is 0.373 e. The van der Waals surface area contributed by atoms with Crippen molar-refractivity contribution < 1.29 is 4.74 Å². The van der Waals surface area contributed by atoms with Gasteiger partial charge in [-0.25, -0.2) is 0 Å². The molecule has 1 aromatic carbocycles. The molecule has 0 saturated carbocycles. The number of rotatable bonds is 6. The Morgan fingerprint density at radius 1 is 1.23 bits per heavy atom. The number of guanidine groups is 1. The van der Waals surface area contributed by atoms with Gasteiger partial charge in [0.05, 0.1) is 24.8 Å². The summed E-state index contributed by atoms with van der Waals surface area (Å²) < 4.78 is 5.97. The molecule has 4 unspecified atom stereocenters. The molecule has 5 nitrogen and oxygen atoms in total. The van der Waals surface area contributed by atoms with Gasteiger partial charge in [0.1, 0.15) is 0 Å². The van der Waals surface area contributed by atoms with Crippen LogP contribution in [-0.4, -0.2) is 54.8 Å². The van der Waals surface area contributed by atoms with Crippen LogP contribution in [0.2, 0.25) is 0 Å². The minimum absolute atomic E-state index is 0.380.